The Kier molecular flexibility index (Phi) is 1.48. The third kappa shape index (κ3) is 1.12. The zero-order chi connectivity index (χ0) is 9.42. The van der Waals surface area contributed by atoms with Gasteiger partial charge in [0, 0.05) is 11.8 Å². The molecule has 0 bridgehead atoms. The van der Waals surface area contributed by atoms with E-state index >= 15 is 0 Å². The van der Waals surface area contributed by atoms with Crippen molar-refractivity contribution in [2.75, 3.05) is 5.73 Å². The zero-order valence-electron chi connectivity index (χ0n) is 6.93. The number of hydrogen-bond donors (Lipinski definition) is 1. The highest BCUT2D eigenvalue weighted by Crippen LogP contribution is 2.01. The molecule has 0 fully saturated rings. The van der Waals surface area contributed by atoms with Crippen LogP contribution in [0.1, 0.15) is 5.69 Å². The van der Waals surface area contributed by atoms with E-state index < -0.39 is 0 Å². The second-order valence-corrected chi connectivity index (χ2v) is 2.60. The maximum absolute atomic E-state index is 11.0. The SMILES string of the molecule is Cc1cc(=O)nc2ncnc(N)n12. The van der Waals surface area contributed by atoms with Crippen LogP contribution < -0.4 is 11.3 Å². The van der Waals surface area contributed by atoms with E-state index in [1.54, 1.807) is 6.92 Å². The summed E-state index contributed by atoms with van der Waals surface area (Å²) in [6.45, 7) is 1.75. The highest BCUT2D eigenvalue weighted by Gasteiger charge is 2.02. The number of aromatic nitrogens is 4. The van der Waals surface area contributed by atoms with Crippen LogP contribution in [0, 0.1) is 6.92 Å². The Labute approximate surface area is 73.1 Å². The topological polar surface area (TPSA) is 86.2 Å². The minimum absolute atomic E-state index is 0.273. The molecule has 0 aromatic carbocycles. The Morgan fingerprint density at radius 2 is 2.23 bits per heavy atom. The van der Waals surface area contributed by atoms with Crippen molar-refractivity contribution < 1.29 is 0 Å². The molecule has 0 aliphatic carbocycles. The van der Waals surface area contributed by atoms with Gasteiger partial charge >= 0.3 is 0 Å². The van der Waals surface area contributed by atoms with Crippen LogP contribution in [0.5, 0.6) is 0 Å². The predicted molar refractivity (Wildman–Crippen MR) is 46.2 cm³/mol. The first kappa shape index (κ1) is 7.66. The van der Waals surface area contributed by atoms with Crippen molar-refractivity contribution in [2.45, 2.75) is 6.92 Å². The fourth-order valence-corrected chi connectivity index (χ4v) is 1.15. The summed E-state index contributed by atoms with van der Waals surface area (Å²) in [6.07, 6.45) is 1.27. The maximum Gasteiger partial charge on any atom is 0.274 e. The summed E-state index contributed by atoms with van der Waals surface area (Å²) >= 11 is 0. The number of aryl methyl sites for hydroxylation is 1. The van der Waals surface area contributed by atoms with Crippen LogP contribution in [0.15, 0.2) is 17.2 Å². The number of nitrogens with two attached hydrogens (primary N) is 1. The van der Waals surface area contributed by atoms with Crippen molar-refractivity contribution in [3.63, 3.8) is 0 Å². The molecule has 2 N–H and O–H groups in total. The van der Waals surface area contributed by atoms with Gasteiger partial charge in [0.1, 0.15) is 6.33 Å². The molecule has 2 rings (SSSR count). The van der Waals surface area contributed by atoms with E-state index in [9.17, 15) is 4.79 Å². The number of hydrogen-bond acceptors (Lipinski definition) is 5. The Hall–Kier alpha value is -1.98. The summed E-state index contributed by atoms with van der Waals surface area (Å²) in [5, 5.41) is 0. The monoisotopic (exact) mass is 177 g/mol. The molecule has 0 atom stereocenters. The van der Waals surface area contributed by atoms with Crippen molar-refractivity contribution in [2.24, 2.45) is 0 Å². The van der Waals surface area contributed by atoms with Gasteiger partial charge in [0.25, 0.3) is 5.56 Å². The molecule has 0 radical (unpaired) electrons. The molecule has 2 heterocycles. The summed E-state index contributed by atoms with van der Waals surface area (Å²) in [5.41, 5.74) is 5.93. The molecular weight excluding hydrogens is 170 g/mol. The van der Waals surface area contributed by atoms with Gasteiger partial charge in [0.15, 0.2) is 0 Å². The molecule has 2 aromatic heterocycles. The van der Waals surface area contributed by atoms with Crippen molar-refractivity contribution >= 4 is 11.7 Å². The van der Waals surface area contributed by atoms with Crippen LogP contribution in [-0.4, -0.2) is 19.4 Å². The number of nitrogens with zero attached hydrogens (tertiary/aromatic N) is 4. The van der Waals surface area contributed by atoms with Crippen LogP contribution in [0.3, 0.4) is 0 Å². The van der Waals surface area contributed by atoms with Gasteiger partial charge in [-0.1, -0.05) is 0 Å². The van der Waals surface area contributed by atoms with Crippen LogP contribution in [-0.2, 0) is 0 Å². The van der Waals surface area contributed by atoms with Crippen LogP contribution in [0.4, 0.5) is 5.95 Å². The van der Waals surface area contributed by atoms with Gasteiger partial charge in [-0.3, -0.25) is 9.20 Å². The summed E-state index contributed by atoms with van der Waals surface area (Å²) in [7, 11) is 0. The zero-order valence-corrected chi connectivity index (χ0v) is 6.93. The van der Waals surface area contributed by atoms with Gasteiger partial charge in [-0.25, -0.2) is 9.97 Å². The lowest BCUT2D eigenvalue weighted by atomic mass is 10.4. The van der Waals surface area contributed by atoms with Crippen molar-refractivity contribution in [1.82, 2.24) is 19.4 Å². The van der Waals surface area contributed by atoms with Crippen LogP contribution in [0.2, 0.25) is 0 Å². The fourth-order valence-electron chi connectivity index (χ4n) is 1.15. The molecule has 13 heavy (non-hydrogen) atoms. The first-order valence-corrected chi connectivity index (χ1v) is 3.65. The molecule has 0 amide bonds. The summed E-state index contributed by atoms with van der Waals surface area (Å²) in [6, 6.07) is 1.38. The lowest BCUT2D eigenvalue weighted by Crippen LogP contribution is -2.14. The normalized spacial score (nSPS) is 10.5. The molecule has 0 aliphatic rings. The molecule has 0 aliphatic heterocycles. The molecule has 6 nitrogen and oxygen atoms in total. The van der Waals surface area contributed by atoms with E-state index in [1.807, 2.05) is 0 Å². The number of nitrogen functional groups attached to an aromatic ring is 1. The van der Waals surface area contributed by atoms with E-state index in [0.717, 1.165) is 0 Å². The summed E-state index contributed by atoms with van der Waals surface area (Å²) in [5.74, 6) is 0.549. The molecule has 6 heteroatoms. The van der Waals surface area contributed by atoms with E-state index in [2.05, 4.69) is 15.0 Å². The first-order chi connectivity index (χ1) is 6.18. The largest absolute Gasteiger partial charge is 0.369 e. The highest BCUT2D eigenvalue weighted by atomic mass is 16.1. The average molecular weight is 177 g/mol. The fraction of sp³-hybridized carbons (Fsp3) is 0.143. The van der Waals surface area contributed by atoms with Crippen LogP contribution >= 0.6 is 0 Å². The standard InChI is InChI=1S/C7H7N5O/c1-4-2-5(13)11-7-10-3-9-6(8)12(4)7/h2-3H,1H3,(H2,8,9,10,11,13). The van der Waals surface area contributed by atoms with Gasteiger partial charge in [-0.15, -0.1) is 0 Å². The number of rotatable bonds is 0. The number of anilines is 1. The Morgan fingerprint density at radius 1 is 1.46 bits per heavy atom. The van der Waals surface area contributed by atoms with Gasteiger partial charge < -0.3 is 5.73 Å². The van der Waals surface area contributed by atoms with Crippen molar-refractivity contribution in [1.29, 1.82) is 0 Å². The molecule has 0 saturated heterocycles. The van der Waals surface area contributed by atoms with Crippen molar-refractivity contribution in [3.8, 4) is 0 Å². The molecular formula is C7H7N5O. The van der Waals surface area contributed by atoms with Gasteiger partial charge in [0.05, 0.1) is 0 Å². The maximum atomic E-state index is 11.0. The second kappa shape index (κ2) is 2.51. The summed E-state index contributed by atoms with van der Waals surface area (Å²) < 4.78 is 1.52. The molecule has 0 spiro atoms. The van der Waals surface area contributed by atoms with E-state index in [1.165, 1.54) is 16.8 Å². The van der Waals surface area contributed by atoms with E-state index in [-0.39, 0.29) is 17.3 Å². The smallest absolute Gasteiger partial charge is 0.274 e. The average Bonchev–Trinajstić information content (AvgIpc) is 2.02. The molecule has 66 valence electrons. The van der Waals surface area contributed by atoms with Gasteiger partial charge in [-0.05, 0) is 6.92 Å². The van der Waals surface area contributed by atoms with E-state index in [4.69, 9.17) is 5.73 Å². The van der Waals surface area contributed by atoms with Gasteiger partial charge in [0.2, 0.25) is 11.7 Å². The van der Waals surface area contributed by atoms with E-state index in [0.29, 0.717) is 5.69 Å². The first-order valence-electron chi connectivity index (χ1n) is 3.65. The Balaban J connectivity index is 3.03. The summed E-state index contributed by atoms with van der Waals surface area (Å²) in [4.78, 5) is 22.3. The molecule has 2 aromatic rings. The Morgan fingerprint density at radius 3 is 3.00 bits per heavy atom. The highest BCUT2D eigenvalue weighted by molar-refractivity contribution is 5.36. The molecule has 0 unspecified atom stereocenters. The lowest BCUT2D eigenvalue weighted by molar-refractivity contribution is 0.934. The third-order valence-electron chi connectivity index (χ3n) is 1.69. The number of fused-ring (bicyclic) bond motifs is 1. The predicted octanol–water partition coefficient (Wildman–Crippen LogP) is -0.625. The second-order valence-electron chi connectivity index (χ2n) is 2.60. The molecule has 0 saturated carbocycles. The Bertz CT molecular complexity index is 518. The van der Waals surface area contributed by atoms with Crippen molar-refractivity contribution in [3.05, 3.63) is 28.4 Å². The van der Waals surface area contributed by atoms with Crippen LogP contribution in [0.25, 0.3) is 5.78 Å². The minimum Gasteiger partial charge on any atom is -0.369 e. The third-order valence-corrected chi connectivity index (χ3v) is 1.69. The quantitative estimate of drug-likeness (QED) is 0.579. The lowest BCUT2D eigenvalue weighted by Gasteiger charge is -2.03. The van der Waals surface area contributed by atoms with Gasteiger partial charge in [-0.2, -0.15) is 4.98 Å². The minimum atomic E-state index is -0.324.